The molecule has 2 fully saturated rings. The lowest BCUT2D eigenvalue weighted by atomic mass is 9.95. The molecular formula is C18H24BrN3O2. The van der Waals surface area contributed by atoms with Crippen molar-refractivity contribution >= 4 is 33.4 Å². The van der Waals surface area contributed by atoms with E-state index in [0.717, 1.165) is 42.6 Å². The Balaban J connectivity index is 1.63. The van der Waals surface area contributed by atoms with E-state index in [-0.39, 0.29) is 11.8 Å². The maximum Gasteiger partial charge on any atom is 0.239 e. The van der Waals surface area contributed by atoms with Crippen molar-refractivity contribution < 1.29 is 9.59 Å². The van der Waals surface area contributed by atoms with Crippen LogP contribution in [0.5, 0.6) is 0 Å². The molecular weight excluding hydrogens is 370 g/mol. The third kappa shape index (κ3) is 3.49. The highest BCUT2D eigenvalue weighted by atomic mass is 79.9. The van der Waals surface area contributed by atoms with Crippen LogP contribution >= 0.6 is 15.9 Å². The Bertz CT molecular complexity index is 614. The van der Waals surface area contributed by atoms with Gasteiger partial charge in [-0.2, -0.15) is 0 Å². The van der Waals surface area contributed by atoms with Crippen LogP contribution in [0.4, 0.5) is 5.69 Å². The van der Waals surface area contributed by atoms with E-state index in [9.17, 15) is 9.59 Å². The molecule has 130 valence electrons. The van der Waals surface area contributed by atoms with Crippen molar-refractivity contribution in [3.63, 3.8) is 0 Å². The quantitative estimate of drug-likeness (QED) is 0.798. The van der Waals surface area contributed by atoms with Gasteiger partial charge in [-0.3, -0.25) is 9.59 Å². The van der Waals surface area contributed by atoms with Crippen LogP contribution in [0.3, 0.4) is 0 Å². The number of nitrogens with zero attached hydrogens (tertiary/aromatic N) is 2. The molecule has 0 aromatic heterocycles. The van der Waals surface area contributed by atoms with Gasteiger partial charge < -0.3 is 15.1 Å². The highest BCUT2D eigenvalue weighted by Crippen LogP contribution is 2.32. The van der Waals surface area contributed by atoms with E-state index in [1.54, 1.807) is 4.90 Å². The molecule has 1 aromatic rings. The number of amides is 2. The van der Waals surface area contributed by atoms with Crippen molar-refractivity contribution in [2.75, 3.05) is 38.1 Å². The molecule has 1 unspecified atom stereocenters. The second-order valence-corrected chi connectivity index (χ2v) is 7.46. The van der Waals surface area contributed by atoms with Gasteiger partial charge in [0.05, 0.1) is 5.69 Å². The first-order valence-corrected chi connectivity index (χ1v) is 9.40. The minimum absolute atomic E-state index is 0.0115. The minimum Gasteiger partial charge on any atom is -0.342 e. The maximum absolute atomic E-state index is 12.8. The summed E-state index contributed by atoms with van der Waals surface area (Å²) in [6.45, 7) is 3.14. The van der Waals surface area contributed by atoms with Gasteiger partial charge in [0.1, 0.15) is 5.92 Å². The number of benzene rings is 1. The molecule has 5 nitrogen and oxygen atoms in total. The second-order valence-electron chi connectivity index (χ2n) is 6.61. The summed E-state index contributed by atoms with van der Waals surface area (Å²) in [7, 11) is 1.96. The van der Waals surface area contributed by atoms with Crippen LogP contribution < -0.4 is 10.2 Å². The number of carbonyl (C=O) groups excluding carboxylic acids is 2. The molecule has 0 aliphatic carbocycles. The van der Waals surface area contributed by atoms with Gasteiger partial charge in [0.15, 0.2) is 0 Å². The molecule has 2 aliphatic rings. The molecule has 24 heavy (non-hydrogen) atoms. The van der Waals surface area contributed by atoms with Crippen LogP contribution in [-0.4, -0.2) is 49.9 Å². The molecule has 0 bridgehead atoms. The van der Waals surface area contributed by atoms with E-state index >= 15 is 0 Å². The number of nitrogens with one attached hydrogen (secondary N) is 1. The summed E-state index contributed by atoms with van der Waals surface area (Å²) in [4.78, 5) is 29.2. The molecule has 0 radical (unpaired) electrons. The van der Waals surface area contributed by atoms with Crippen molar-refractivity contribution in [2.45, 2.75) is 19.3 Å². The average Bonchev–Trinajstić information content (AvgIpc) is 2.97. The molecule has 0 saturated carbocycles. The van der Waals surface area contributed by atoms with Crippen LogP contribution in [0.1, 0.15) is 19.3 Å². The van der Waals surface area contributed by atoms with Crippen molar-refractivity contribution in [1.29, 1.82) is 0 Å². The second kappa shape index (κ2) is 7.66. The summed E-state index contributed by atoms with van der Waals surface area (Å²) in [5.41, 5.74) is 0.852. The molecule has 6 heteroatoms. The minimum atomic E-state index is -0.516. The van der Waals surface area contributed by atoms with Gasteiger partial charge in [0.25, 0.3) is 0 Å². The first-order chi connectivity index (χ1) is 11.6. The van der Waals surface area contributed by atoms with Crippen molar-refractivity contribution in [3.05, 3.63) is 28.7 Å². The number of piperidine rings is 1. The number of carbonyl (C=O) groups is 2. The molecule has 0 spiro atoms. The van der Waals surface area contributed by atoms with E-state index in [4.69, 9.17) is 0 Å². The lowest BCUT2D eigenvalue weighted by molar-refractivity contribution is -0.141. The van der Waals surface area contributed by atoms with Crippen LogP contribution in [0.25, 0.3) is 0 Å². The number of para-hydroxylation sites is 1. The number of hydrogen-bond donors (Lipinski definition) is 1. The van der Waals surface area contributed by atoms with Gasteiger partial charge in [-0.25, -0.2) is 0 Å². The standard InChI is InChI=1S/C18H24BrN3O2/c1-20-12-13-6-9-21(10-7-13)17(23)14-8-11-22(18(14)24)16-5-3-2-4-15(16)19/h2-5,13-14,20H,6-12H2,1H3. The molecule has 2 saturated heterocycles. The predicted octanol–water partition coefficient (Wildman–Crippen LogP) is 2.26. The van der Waals surface area contributed by atoms with Gasteiger partial charge in [-0.1, -0.05) is 12.1 Å². The third-order valence-corrected chi connectivity index (χ3v) is 5.74. The fourth-order valence-corrected chi connectivity index (χ4v) is 4.18. The zero-order valence-corrected chi connectivity index (χ0v) is 15.6. The van der Waals surface area contributed by atoms with Crippen LogP contribution in [0.15, 0.2) is 28.7 Å². The van der Waals surface area contributed by atoms with E-state index in [1.807, 2.05) is 36.2 Å². The summed E-state index contributed by atoms with van der Waals surface area (Å²) >= 11 is 3.49. The Labute approximate surface area is 151 Å². The highest BCUT2D eigenvalue weighted by Gasteiger charge is 2.40. The lowest BCUT2D eigenvalue weighted by Crippen LogP contribution is -2.45. The normalized spacial score (nSPS) is 22.2. The zero-order chi connectivity index (χ0) is 17.1. The highest BCUT2D eigenvalue weighted by molar-refractivity contribution is 9.10. The molecule has 1 aromatic carbocycles. The first kappa shape index (κ1) is 17.4. The number of anilines is 1. The maximum atomic E-state index is 12.8. The lowest BCUT2D eigenvalue weighted by Gasteiger charge is -2.33. The summed E-state index contributed by atoms with van der Waals surface area (Å²) in [5.74, 6) is 0.0646. The average molecular weight is 394 g/mol. The fourth-order valence-electron chi connectivity index (χ4n) is 3.69. The van der Waals surface area contributed by atoms with E-state index in [0.29, 0.717) is 18.9 Å². The molecule has 2 aliphatic heterocycles. The van der Waals surface area contributed by atoms with Gasteiger partial charge in [-0.15, -0.1) is 0 Å². The van der Waals surface area contributed by atoms with Crippen molar-refractivity contribution in [1.82, 2.24) is 10.2 Å². The SMILES string of the molecule is CNCC1CCN(C(=O)C2CCN(c3ccccc3Br)C2=O)CC1. The molecule has 3 rings (SSSR count). The van der Waals surface area contributed by atoms with E-state index < -0.39 is 5.92 Å². The largest absolute Gasteiger partial charge is 0.342 e. The molecule has 1 atom stereocenters. The predicted molar refractivity (Wildman–Crippen MR) is 97.8 cm³/mol. The smallest absolute Gasteiger partial charge is 0.239 e. The van der Waals surface area contributed by atoms with E-state index in [1.165, 1.54) is 0 Å². The molecule has 2 amide bonds. The van der Waals surface area contributed by atoms with Crippen molar-refractivity contribution in [2.24, 2.45) is 11.8 Å². The van der Waals surface area contributed by atoms with Gasteiger partial charge >= 0.3 is 0 Å². The number of halogens is 1. The van der Waals surface area contributed by atoms with E-state index in [2.05, 4.69) is 21.2 Å². The Hall–Kier alpha value is -1.40. The number of likely N-dealkylation sites (tertiary alicyclic amines) is 1. The van der Waals surface area contributed by atoms with Gasteiger partial charge in [-0.05, 0) is 66.8 Å². The summed E-state index contributed by atoms with van der Waals surface area (Å²) < 4.78 is 0.888. The summed E-state index contributed by atoms with van der Waals surface area (Å²) in [6, 6.07) is 7.67. The number of rotatable bonds is 4. The Morgan fingerprint density at radius 2 is 1.92 bits per heavy atom. The van der Waals surface area contributed by atoms with Gasteiger partial charge in [0.2, 0.25) is 11.8 Å². The van der Waals surface area contributed by atoms with Crippen LogP contribution in [0, 0.1) is 11.8 Å². The van der Waals surface area contributed by atoms with Crippen molar-refractivity contribution in [3.8, 4) is 0 Å². The zero-order valence-electron chi connectivity index (χ0n) is 14.0. The summed E-state index contributed by atoms with van der Waals surface area (Å²) in [5, 5.41) is 3.20. The molecule has 1 N–H and O–H groups in total. The van der Waals surface area contributed by atoms with Gasteiger partial charge in [0, 0.05) is 24.1 Å². The monoisotopic (exact) mass is 393 g/mol. The third-order valence-electron chi connectivity index (χ3n) is 5.07. The molecule has 2 heterocycles. The Morgan fingerprint density at radius 1 is 1.21 bits per heavy atom. The Morgan fingerprint density at radius 3 is 2.58 bits per heavy atom. The number of hydrogen-bond acceptors (Lipinski definition) is 3. The topological polar surface area (TPSA) is 52.7 Å². The fraction of sp³-hybridized carbons (Fsp3) is 0.556. The first-order valence-electron chi connectivity index (χ1n) is 8.61. The Kier molecular flexibility index (Phi) is 5.56. The van der Waals surface area contributed by atoms with Crippen LogP contribution in [0.2, 0.25) is 0 Å². The van der Waals surface area contributed by atoms with Crippen LogP contribution in [-0.2, 0) is 9.59 Å². The summed E-state index contributed by atoms with van der Waals surface area (Å²) in [6.07, 6.45) is 2.64.